The predicted molar refractivity (Wildman–Crippen MR) is 74.9 cm³/mol. The summed E-state index contributed by atoms with van der Waals surface area (Å²) < 4.78 is 60.8. The minimum absolute atomic E-state index is 0.00418. The Morgan fingerprint density at radius 3 is 2.71 bits per heavy atom. The fraction of sp³-hybridized carbons (Fsp3) is 0.750. The molecule has 1 saturated heterocycles. The molecule has 0 radical (unpaired) electrons. The van der Waals surface area contributed by atoms with E-state index in [0.717, 1.165) is 0 Å². The molecule has 0 saturated carbocycles. The summed E-state index contributed by atoms with van der Waals surface area (Å²) in [5.41, 5.74) is 0. The maximum Gasteiger partial charge on any atom is 0.443 e. The van der Waals surface area contributed by atoms with Crippen molar-refractivity contribution in [2.75, 3.05) is 18.1 Å². The molecule has 120 valence electrons. The van der Waals surface area contributed by atoms with Crippen molar-refractivity contribution in [1.29, 1.82) is 0 Å². The van der Waals surface area contributed by atoms with Gasteiger partial charge in [0.25, 0.3) is 0 Å². The van der Waals surface area contributed by atoms with E-state index in [0.29, 0.717) is 35.6 Å². The second-order valence-corrected chi connectivity index (χ2v) is 8.47. The van der Waals surface area contributed by atoms with E-state index in [4.69, 9.17) is 0 Å². The van der Waals surface area contributed by atoms with Crippen molar-refractivity contribution in [3.63, 3.8) is 0 Å². The van der Waals surface area contributed by atoms with Crippen LogP contribution in [0.5, 0.6) is 0 Å². The summed E-state index contributed by atoms with van der Waals surface area (Å²) in [6.45, 7) is 2.47. The zero-order valence-corrected chi connectivity index (χ0v) is 13.1. The molecular weight excluding hydrogens is 325 g/mol. The average Bonchev–Trinajstić information content (AvgIpc) is 2.95. The Hall–Kier alpha value is -0.670. The first kappa shape index (κ1) is 16.7. The lowest BCUT2D eigenvalue weighted by Gasteiger charge is -2.19. The first-order valence-electron chi connectivity index (χ1n) is 6.68. The molecule has 1 fully saturated rings. The van der Waals surface area contributed by atoms with Crippen molar-refractivity contribution >= 4 is 21.2 Å². The summed E-state index contributed by atoms with van der Waals surface area (Å²) in [5.74, 6) is 0.294. The van der Waals surface area contributed by atoms with Gasteiger partial charge in [-0.1, -0.05) is 6.92 Å². The van der Waals surface area contributed by atoms with Crippen molar-refractivity contribution in [1.82, 2.24) is 10.3 Å². The van der Waals surface area contributed by atoms with Crippen LogP contribution in [-0.4, -0.2) is 31.5 Å². The highest BCUT2D eigenvalue weighted by Gasteiger charge is 2.36. The number of alkyl halides is 3. The van der Waals surface area contributed by atoms with Gasteiger partial charge in [0, 0.05) is 17.1 Å². The molecule has 4 nitrogen and oxygen atoms in total. The molecule has 0 aromatic carbocycles. The summed E-state index contributed by atoms with van der Waals surface area (Å²) >= 11 is 0.623. The summed E-state index contributed by atoms with van der Waals surface area (Å²) in [7, 11) is -2.98. The molecule has 0 amide bonds. The maximum atomic E-state index is 12.6. The standard InChI is InChI=1S/C12H17F3N2O2S2/c1-2-16-9(5-8-3-4-21(18,19)7-8)10-6-17-11(20-10)12(13,14)15/h6,8-9,16H,2-5,7H2,1H3. The van der Waals surface area contributed by atoms with Gasteiger partial charge in [0.15, 0.2) is 14.8 Å². The van der Waals surface area contributed by atoms with Gasteiger partial charge >= 0.3 is 6.18 Å². The Morgan fingerprint density at radius 2 is 2.24 bits per heavy atom. The highest BCUT2D eigenvalue weighted by atomic mass is 32.2. The number of sulfone groups is 1. The lowest BCUT2D eigenvalue weighted by Crippen LogP contribution is -2.23. The molecule has 1 N–H and O–H groups in total. The molecule has 2 rings (SSSR count). The van der Waals surface area contributed by atoms with Crippen molar-refractivity contribution in [3.05, 3.63) is 16.1 Å². The molecule has 1 aliphatic heterocycles. The van der Waals surface area contributed by atoms with Crippen LogP contribution in [0.25, 0.3) is 0 Å². The normalized spacial score (nSPS) is 23.3. The van der Waals surface area contributed by atoms with Gasteiger partial charge in [0.05, 0.1) is 11.5 Å². The molecule has 2 unspecified atom stereocenters. The third kappa shape index (κ3) is 4.40. The van der Waals surface area contributed by atoms with E-state index in [2.05, 4.69) is 10.3 Å². The summed E-state index contributed by atoms with van der Waals surface area (Å²) in [4.78, 5) is 3.94. The number of hydrogen-bond donors (Lipinski definition) is 1. The van der Waals surface area contributed by atoms with E-state index in [1.807, 2.05) is 6.92 Å². The molecule has 1 aromatic rings. The monoisotopic (exact) mass is 342 g/mol. The van der Waals surface area contributed by atoms with Crippen LogP contribution in [0.15, 0.2) is 6.20 Å². The zero-order valence-electron chi connectivity index (χ0n) is 11.5. The minimum atomic E-state index is -4.43. The van der Waals surface area contributed by atoms with Gasteiger partial charge in [-0.15, -0.1) is 11.3 Å². The number of rotatable bonds is 5. The second kappa shape index (κ2) is 6.21. The first-order chi connectivity index (χ1) is 9.71. The van der Waals surface area contributed by atoms with Crippen LogP contribution < -0.4 is 5.32 Å². The number of nitrogens with zero attached hydrogens (tertiary/aromatic N) is 1. The van der Waals surface area contributed by atoms with E-state index in [-0.39, 0.29) is 23.5 Å². The topological polar surface area (TPSA) is 59.1 Å². The highest BCUT2D eigenvalue weighted by Crippen LogP contribution is 2.37. The van der Waals surface area contributed by atoms with Crippen molar-refractivity contribution in [2.45, 2.75) is 32.0 Å². The third-order valence-corrected chi connectivity index (χ3v) is 6.45. The predicted octanol–water partition coefficient (Wildman–Crippen LogP) is 2.64. The smallest absolute Gasteiger partial charge is 0.309 e. The number of hydrogen-bond acceptors (Lipinski definition) is 5. The second-order valence-electron chi connectivity index (χ2n) is 5.18. The van der Waals surface area contributed by atoms with E-state index in [1.54, 1.807) is 0 Å². The van der Waals surface area contributed by atoms with Crippen molar-refractivity contribution < 1.29 is 21.6 Å². The Bertz CT molecular complexity index is 584. The van der Waals surface area contributed by atoms with Crippen LogP contribution in [-0.2, 0) is 16.0 Å². The Labute approximate surface area is 125 Å². The molecule has 0 spiro atoms. The minimum Gasteiger partial charge on any atom is -0.309 e. The van der Waals surface area contributed by atoms with Gasteiger partial charge < -0.3 is 5.32 Å². The lowest BCUT2D eigenvalue weighted by molar-refractivity contribution is -0.137. The Kier molecular flexibility index (Phi) is 4.94. The van der Waals surface area contributed by atoms with Gasteiger partial charge in [-0.2, -0.15) is 13.2 Å². The van der Waals surface area contributed by atoms with Gasteiger partial charge in [0.1, 0.15) is 0 Å². The SMILES string of the molecule is CCNC(CC1CCS(=O)(=O)C1)c1cnc(C(F)(F)F)s1. The highest BCUT2D eigenvalue weighted by molar-refractivity contribution is 7.91. The number of nitrogens with one attached hydrogen (secondary N) is 1. The van der Waals surface area contributed by atoms with Gasteiger partial charge in [-0.3, -0.25) is 0 Å². The van der Waals surface area contributed by atoms with Crippen LogP contribution in [0.4, 0.5) is 13.2 Å². The first-order valence-corrected chi connectivity index (χ1v) is 9.32. The summed E-state index contributed by atoms with van der Waals surface area (Å²) in [6, 6.07) is -0.276. The summed E-state index contributed by atoms with van der Waals surface area (Å²) in [5, 5.41) is 2.26. The van der Waals surface area contributed by atoms with Crippen LogP contribution in [0, 0.1) is 5.92 Å². The molecule has 1 aromatic heterocycles. The quantitative estimate of drug-likeness (QED) is 0.894. The molecular formula is C12H17F3N2O2S2. The van der Waals surface area contributed by atoms with E-state index in [1.165, 1.54) is 6.20 Å². The van der Waals surface area contributed by atoms with E-state index >= 15 is 0 Å². The molecule has 0 aliphatic carbocycles. The van der Waals surface area contributed by atoms with Crippen LogP contribution in [0.2, 0.25) is 0 Å². The largest absolute Gasteiger partial charge is 0.443 e. The number of aromatic nitrogens is 1. The average molecular weight is 342 g/mol. The molecule has 21 heavy (non-hydrogen) atoms. The fourth-order valence-electron chi connectivity index (χ4n) is 2.52. The van der Waals surface area contributed by atoms with E-state index < -0.39 is 21.0 Å². The van der Waals surface area contributed by atoms with Crippen molar-refractivity contribution in [3.8, 4) is 0 Å². The number of thiazole rings is 1. The molecule has 2 heterocycles. The lowest BCUT2D eigenvalue weighted by atomic mass is 9.98. The van der Waals surface area contributed by atoms with Crippen LogP contribution >= 0.6 is 11.3 Å². The van der Waals surface area contributed by atoms with Gasteiger partial charge in [-0.05, 0) is 25.3 Å². The molecule has 9 heteroatoms. The zero-order chi connectivity index (χ0) is 15.7. The molecule has 1 aliphatic rings. The fourth-order valence-corrected chi connectivity index (χ4v) is 5.27. The maximum absolute atomic E-state index is 12.6. The van der Waals surface area contributed by atoms with Crippen LogP contribution in [0.1, 0.15) is 35.7 Å². The molecule has 2 atom stereocenters. The Morgan fingerprint density at radius 1 is 1.52 bits per heavy atom. The van der Waals surface area contributed by atoms with Crippen LogP contribution in [0.3, 0.4) is 0 Å². The van der Waals surface area contributed by atoms with Crippen molar-refractivity contribution in [2.24, 2.45) is 5.92 Å². The van der Waals surface area contributed by atoms with E-state index in [9.17, 15) is 21.6 Å². The number of halogens is 3. The summed E-state index contributed by atoms with van der Waals surface area (Å²) in [6.07, 6.45) is -2.09. The van der Waals surface area contributed by atoms with Gasteiger partial charge in [-0.25, -0.2) is 13.4 Å². The Balaban J connectivity index is 2.10. The third-order valence-electron chi connectivity index (χ3n) is 3.46. The molecule has 0 bridgehead atoms. The van der Waals surface area contributed by atoms with Gasteiger partial charge in [0.2, 0.25) is 0 Å².